The molecule has 1 aromatic heterocycles. The Labute approximate surface area is 241 Å². The van der Waals surface area contributed by atoms with Crippen molar-refractivity contribution in [3.63, 3.8) is 0 Å². The molecule has 2 aromatic carbocycles. The number of fused-ring (bicyclic) bond motifs is 1. The van der Waals surface area contributed by atoms with E-state index < -0.39 is 58.6 Å². The second kappa shape index (κ2) is 10.7. The van der Waals surface area contributed by atoms with E-state index in [4.69, 9.17) is 0 Å². The number of amides is 2. The van der Waals surface area contributed by atoms with Gasteiger partial charge in [-0.15, -0.1) is 0 Å². The lowest BCUT2D eigenvalue weighted by Crippen LogP contribution is -2.60. The third-order valence-electron chi connectivity index (χ3n) is 7.71. The number of alkyl halides is 3. The fourth-order valence-electron chi connectivity index (χ4n) is 5.42. The highest BCUT2D eigenvalue weighted by atomic mass is 19.4. The minimum atomic E-state index is -4.76. The molecule has 14 heteroatoms. The molecule has 0 spiro atoms. The molecule has 0 radical (unpaired) electrons. The van der Waals surface area contributed by atoms with E-state index in [9.17, 15) is 41.9 Å². The Morgan fingerprint density at radius 1 is 1.21 bits per heavy atom. The van der Waals surface area contributed by atoms with Crippen LogP contribution in [0.4, 0.5) is 27.6 Å². The number of anilines is 1. The number of hydrogen-bond donors (Lipinski definition) is 2. The number of nitrogens with zero attached hydrogens (tertiary/aromatic N) is 5. The number of hydrazine groups is 1. The molecule has 0 bridgehead atoms. The predicted octanol–water partition coefficient (Wildman–Crippen LogP) is 5.18. The number of benzene rings is 2. The molecule has 3 aromatic rings. The van der Waals surface area contributed by atoms with Crippen LogP contribution in [0.25, 0.3) is 11.3 Å². The maximum Gasteiger partial charge on any atom is 0.416 e. The van der Waals surface area contributed by atoms with Crippen LogP contribution in [-0.4, -0.2) is 49.0 Å². The molecular weight excluding hydrogens is 575 g/mol. The zero-order valence-corrected chi connectivity index (χ0v) is 22.8. The normalized spacial score (nSPS) is 18.9. The highest BCUT2D eigenvalue weighted by molar-refractivity contribution is 6.24. The van der Waals surface area contributed by atoms with Gasteiger partial charge < -0.3 is 10.4 Å². The number of aliphatic hydroxyl groups is 1. The first-order chi connectivity index (χ1) is 20.3. The molecule has 3 heterocycles. The number of hydrogen-bond acceptors (Lipinski definition) is 7. The summed E-state index contributed by atoms with van der Waals surface area (Å²) in [7, 11) is 0. The highest BCUT2D eigenvalue weighted by Gasteiger charge is 2.52. The molecule has 0 saturated carbocycles. The molecule has 9 nitrogen and oxygen atoms in total. The lowest BCUT2D eigenvalue weighted by molar-refractivity contribution is -0.160. The van der Waals surface area contributed by atoms with Gasteiger partial charge in [0.05, 0.1) is 29.0 Å². The monoisotopic (exact) mass is 598 g/mol. The van der Waals surface area contributed by atoms with E-state index in [1.54, 1.807) is 6.92 Å². The third-order valence-corrected chi connectivity index (χ3v) is 7.71. The Balaban J connectivity index is 1.58. The van der Waals surface area contributed by atoms with Gasteiger partial charge in [-0.25, -0.2) is 23.8 Å². The van der Waals surface area contributed by atoms with Crippen molar-refractivity contribution in [2.45, 2.75) is 44.9 Å². The van der Waals surface area contributed by atoms with Gasteiger partial charge in [-0.05, 0) is 51.0 Å². The largest absolute Gasteiger partial charge is 0.509 e. The van der Waals surface area contributed by atoms with Gasteiger partial charge in [0.1, 0.15) is 29.4 Å². The number of nitriles is 1. The number of halogens is 5. The number of aliphatic hydroxyl groups excluding tert-OH is 1. The molecular formula is C29H23F5N6O3. The van der Waals surface area contributed by atoms with Crippen molar-refractivity contribution >= 4 is 17.5 Å². The van der Waals surface area contributed by atoms with Crippen molar-refractivity contribution < 1.29 is 36.6 Å². The average Bonchev–Trinajstić information content (AvgIpc) is 3.36. The van der Waals surface area contributed by atoms with E-state index in [0.717, 1.165) is 35.6 Å². The molecule has 1 fully saturated rings. The fraction of sp³-hybridized carbons (Fsp3) is 0.276. The zero-order valence-electron chi connectivity index (χ0n) is 22.8. The number of rotatable bonds is 5. The van der Waals surface area contributed by atoms with E-state index in [0.29, 0.717) is 12.8 Å². The van der Waals surface area contributed by atoms with Gasteiger partial charge in [-0.2, -0.15) is 18.4 Å². The van der Waals surface area contributed by atoms with Gasteiger partial charge in [0.25, 0.3) is 11.8 Å². The smallest absolute Gasteiger partial charge is 0.416 e. The van der Waals surface area contributed by atoms with Gasteiger partial charge in [-0.3, -0.25) is 14.6 Å². The summed E-state index contributed by atoms with van der Waals surface area (Å²) in [5.74, 6) is -5.03. The van der Waals surface area contributed by atoms with E-state index in [-0.39, 0.29) is 40.3 Å². The lowest BCUT2D eigenvalue weighted by Gasteiger charge is -2.46. The maximum atomic E-state index is 14.6. The summed E-state index contributed by atoms with van der Waals surface area (Å²) in [6.07, 6.45) is -2.95. The number of nitrogens with one attached hydrogen (secondary N) is 1. The molecule has 0 aliphatic carbocycles. The van der Waals surface area contributed by atoms with Crippen molar-refractivity contribution in [2.75, 3.05) is 11.9 Å². The van der Waals surface area contributed by atoms with Crippen LogP contribution in [0, 0.1) is 29.9 Å². The van der Waals surface area contributed by atoms with E-state index in [1.165, 1.54) is 24.1 Å². The number of carbonyl (C=O) groups is 2. The first-order valence-electron chi connectivity index (χ1n) is 13.0. The van der Waals surface area contributed by atoms with Gasteiger partial charge in [0, 0.05) is 23.2 Å². The molecule has 5 rings (SSSR count). The third kappa shape index (κ3) is 5.05. The number of aromatic nitrogens is 2. The van der Waals surface area contributed by atoms with Crippen LogP contribution in [0.3, 0.4) is 0 Å². The van der Waals surface area contributed by atoms with Crippen molar-refractivity contribution in [1.82, 2.24) is 20.0 Å². The molecule has 2 N–H and O–H groups in total. The summed E-state index contributed by atoms with van der Waals surface area (Å²) >= 11 is 0. The quantitative estimate of drug-likeness (QED) is 0.307. The summed E-state index contributed by atoms with van der Waals surface area (Å²) in [5.41, 5.74) is -3.62. The summed E-state index contributed by atoms with van der Waals surface area (Å²) < 4.78 is 69.4. The first kappa shape index (κ1) is 29.6. The van der Waals surface area contributed by atoms with Crippen LogP contribution in [0.2, 0.25) is 0 Å². The van der Waals surface area contributed by atoms with Crippen LogP contribution in [0.15, 0.2) is 54.1 Å². The van der Waals surface area contributed by atoms with E-state index in [1.807, 2.05) is 6.07 Å². The van der Waals surface area contributed by atoms with Crippen LogP contribution in [0.1, 0.15) is 42.1 Å². The Bertz CT molecular complexity index is 1730. The standard InChI is InChI=1S/C29H23F5N6O3/c1-15-21(12-35)36-14-37-24(15)18-11-17(29(32,33)34)7-8-20(18)38-26(42)22-25(41)28(2)9-4-10-40(28)39(27(22)43)13-16-5-3-6-19(30)23(16)31/h3,5-8,11,14,41H,4,9-10,13H2,1-2H3,(H,38,42). The molecule has 2 aliphatic rings. The van der Waals surface area contributed by atoms with Crippen LogP contribution in [-0.2, 0) is 22.3 Å². The average molecular weight is 599 g/mol. The molecule has 222 valence electrons. The van der Waals surface area contributed by atoms with E-state index in [2.05, 4.69) is 15.3 Å². The van der Waals surface area contributed by atoms with Crippen LogP contribution >= 0.6 is 0 Å². The minimum absolute atomic E-state index is 0.0711. The molecule has 1 saturated heterocycles. The lowest BCUT2D eigenvalue weighted by atomic mass is 9.90. The summed E-state index contributed by atoms with van der Waals surface area (Å²) in [5, 5.41) is 25.6. The molecule has 1 atom stereocenters. The number of carbonyl (C=O) groups excluding carboxylic acids is 2. The second-order valence-corrected chi connectivity index (χ2v) is 10.3. The second-order valence-electron chi connectivity index (χ2n) is 10.3. The summed E-state index contributed by atoms with van der Waals surface area (Å²) in [4.78, 5) is 35.2. The highest BCUT2D eigenvalue weighted by Crippen LogP contribution is 2.43. The van der Waals surface area contributed by atoms with Crippen molar-refractivity contribution in [3.05, 3.63) is 88.1 Å². The Hall–Kier alpha value is -4.90. The molecule has 1 unspecified atom stereocenters. The Morgan fingerprint density at radius 2 is 1.95 bits per heavy atom. The molecule has 43 heavy (non-hydrogen) atoms. The Morgan fingerprint density at radius 3 is 2.65 bits per heavy atom. The van der Waals surface area contributed by atoms with Crippen molar-refractivity contribution in [2.24, 2.45) is 0 Å². The van der Waals surface area contributed by atoms with Crippen molar-refractivity contribution in [3.8, 4) is 17.3 Å². The van der Waals surface area contributed by atoms with E-state index >= 15 is 0 Å². The van der Waals surface area contributed by atoms with Gasteiger partial charge >= 0.3 is 6.18 Å². The summed E-state index contributed by atoms with van der Waals surface area (Å²) in [6, 6.07) is 7.72. The maximum absolute atomic E-state index is 14.6. The summed E-state index contributed by atoms with van der Waals surface area (Å²) in [6.45, 7) is 2.83. The molecule has 2 aliphatic heterocycles. The Kier molecular flexibility index (Phi) is 7.39. The molecule has 2 amide bonds. The van der Waals surface area contributed by atoms with Crippen molar-refractivity contribution in [1.29, 1.82) is 5.26 Å². The topological polar surface area (TPSA) is 122 Å². The van der Waals surface area contributed by atoms with Crippen LogP contribution < -0.4 is 5.32 Å². The van der Waals surface area contributed by atoms with Crippen LogP contribution in [0.5, 0.6) is 0 Å². The minimum Gasteiger partial charge on any atom is -0.509 e. The predicted molar refractivity (Wildman–Crippen MR) is 141 cm³/mol. The first-order valence-corrected chi connectivity index (χ1v) is 13.0. The van der Waals surface area contributed by atoms with Gasteiger partial charge in [-0.1, -0.05) is 12.1 Å². The van der Waals surface area contributed by atoms with Gasteiger partial charge in [0.15, 0.2) is 11.6 Å². The SMILES string of the molecule is Cc1c(C#N)ncnc1-c1cc(C(F)(F)F)ccc1NC(=O)C1=C(O)C2(C)CCCN2N(Cc2cccc(F)c2F)C1=O. The fourth-order valence-corrected chi connectivity index (χ4v) is 5.42. The van der Waals surface area contributed by atoms with Gasteiger partial charge in [0.2, 0.25) is 0 Å². The zero-order chi connectivity index (χ0) is 31.3.